The number of thiophene rings is 1. The molecule has 0 aliphatic heterocycles. The third-order valence-corrected chi connectivity index (χ3v) is 6.66. The van der Waals surface area contributed by atoms with Gasteiger partial charge in [0.25, 0.3) is 0 Å². The van der Waals surface area contributed by atoms with Crippen LogP contribution in [0.3, 0.4) is 0 Å². The van der Waals surface area contributed by atoms with Gasteiger partial charge in [-0.05, 0) is 50.2 Å². The monoisotopic (exact) mass is 433 g/mol. The maximum absolute atomic E-state index is 10.4. The van der Waals surface area contributed by atoms with E-state index >= 15 is 0 Å². The number of aliphatic hydroxyl groups is 2. The lowest BCUT2D eigenvalue weighted by Gasteiger charge is -2.20. The molecule has 1 atom stereocenters. The summed E-state index contributed by atoms with van der Waals surface area (Å²) in [5.74, 6) is 0.420. The van der Waals surface area contributed by atoms with Gasteiger partial charge in [0.1, 0.15) is 11.4 Å². The molecule has 8 heteroatoms. The summed E-state index contributed by atoms with van der Waals surface area (Å²) >= 11 is 1.61. The number of hydrogen-bond donors (Lipinski definition) is 4. The number of aliphatic hydroxyl groups excluding tert-OH is 1. The average molecular weight is 434 g/mol. The zero-order chi connectivity index (χ0) is 21.8. The van der Waals surface area contributed by atoms with Crippen LogP contribution in [0.2, 0.25) is 0 Å². The molecule has 0 fully saturated rings. The normalized spacial score (nSPS) is 13.7. The fourth-order valence-corrected chi connectivity index (χ4v) is 5.01. The molecule has 5 rings (SSSR count). The zero-order valence-corrected chi connectivity index (χ0v) is 18.3. The minimum Gasteiger partial charge on any atom is -0.393 e. The molecule has 0 radical (unpaired) electrons. The predicted octanol–water partition coefficient (Wildman–Crippen LogP) is 4.43. The second kappa shape index (κ2) is 7.19. The van der Waals surface area contributed by atoms with Crippen LogP contribution in [0.25, 0.3) is 31.7 Å². The van der Waals surface area contributed by atoms with Crippen molar-refractivity contribution in [1.82, 2.24) is 19.5 Å². The van der Waals surface area contributed by atoms with Gasteiger partial charge < -0.3 is 25.1 Å². The molecule has 158 valence electrons. The molecule has 0 amide bonds. The molecule has 4 heterocycles. The van der Waals surface area contributed by atoms with Crippen molar-refractivity contribution in [1.29, 1.82) is 0 Å². The summed E-state index contributed by atoms with van der Waals surface area (Å²) in [6.07, 6.45) is 3.52. The van der Waals surface area contributed by atoms with Crippen LogP contribution in [-0.4, -0.2) is 36.3 Å². The second-order valence-corrected chi connectivity index (χ2v) is 9.07. The number of nitrogens with one attached hydrogen (secondary N) is 2. The van der Waals surface area contributed by atoms with Crippen molar-refractivity contribution in [3.8, 4) is 10.6 Å². The first-order chi connectivity index (χ1) is 14.9. The number of H-pyrrole nitrogens is 1. The van der Waals surface area contributed by atoms with Gasteiger partial charge in [-0.3, -0.25) is 4.98 Å². The average Bonchev–Trinajstić information content (AvgIpc) is 3.43. The summed E-state index contributed by atoms with van der Waals surface area (Å²) < 4.78 is 2.86. The zero-order valence-electron chi connectivity index (χ0n) is 17.5. The Hall–Kier alpha value is -3.20. The standard InChI is InChI=1S/C23H23N5O2S/c1-13-8-14-9-15(4-5-16(14)26-13)27-17-6-7-24-18-10-20(31-21(17)18)19-11-25-22(28(19)3)23(2,30)12-29/h4-11,26,29-30H,12H2,1-3H3,(H,24,27). The van der Waals surface area contributed by atoms with Crippen LogP contribution in [0.5, 0.6) is 0 Å². The molecule has 4 aromatic heterocycles. The van der Waals surface area contributed by atoms with E-state index < -0.39 is 12.2 Å². The first kappa shape index (κ1) is 19.7. The molecule has 7 nitrogen and oxygen atoms in total. The molecule has 0 saturated carbocycles. The van der Waals surface area contributed by atoms with E-state index in [1.165, 1.54) is 0 Å². The molecule has 0 aliphatic carbocycles. The van der Waals surface area contributed by atoms with Crippen LogP contribution in [0.1, 0.15) is 18.4 Å². The summed E-state index contributed by atoms with van der Waals surface area (Å²) in [7, 11) is 1.84. The highest BCUT2D eigenvalue weighted by atomic mass is 32.1. The topological polar surface area (TPSA) is 99.0 Å². The Morgan fingerprint density at radius 2 is 2.03 bits per heavy atom. The number of hydrogen-bond acceptors (Lipinski definition) is 6. The summed E-state index contributed by atoms with van der Waals surface area (Å²) in [6.45, 7) is 3.21. The van der Waals surface area contributed by atoms with Crippen molar-refractivity contribution in [3.05, 3.63) is 60.3 Å². The number of benzene rings is 1. The quantitative estimate of drug-likeness (QED) is 0.329. The van der Waals surface area contributed by atoms with E-state index in [1.54, 1.807) is 30.7 Å². The highest BCUT2D eigenvalue weighted by Crippen LogP contribution is 2.38. The molecule has 1 aromatic carbocycles. The number of rotatable bonds is 5. The number of nitrogens with zero attached hydrogens (tertiary/aromatic N) is 3. The molecule has 0 spiro atoms. The Balaban J connectivity index is 1.53. The van der Waals surface area contributed by atoms with E-state index in [2.05, 4.69) is 51.5 Å². The van der Waals surface area contributed by atoms with Gasteiger partial charge >= 0.3 is 0 Å². The van der Waals surface area contributed by atoms with Crippen LogP contribution >= 0.6 is 11.3 Å². The molecule has 0 aliphatic rings. The number of aromatic nitrogens is 4. The van der Waals surface area contributed by atoms with Crippen LogP contribution in [0.15, 0.2) is 48.8 Å². The Morgan fingerprint density at radius 3 is 2.84 bits per heavy atom. The molecule has 1 unspecified atom stereocenters. The molecule has 0 saturated heterocycles. The van der Waals surface area contributed by atoms with E-state index in [9.17, 15) is 10.2 Å². The van der Waals surface area contributed by atoms with Gasteiger partial charge in [-0.15, -0.1) is 11.3 Å². The lowest BCUT2D eigenvalue weighted by Crippen LogP contribution is -2.29. The molecular weight excluding hydrogens is 410 g/mol. The SMILES string of the molecule is Cc1cc2cc(Nc3ccnc4cc(-c5cnc(C(C)(O)CO)n5C)sc34)ccc2[nH]1. The Bertz CT molecular complexity index is 1410. The summed E-state index contributed by atoms with van der Waals surface area (Å²) in [4.78, 5) is 13.2. The van der Waals surface area contributed by atoms with Crippen LogP contribution < -0.4 is 5.32 Å². The minimum atomic E-state index is -1.40. The maximum Gasteiger partial charge on any atom is 0.143 e. The minimum absolute atomic E-state index is 0.398. The third-order valence-electron chi connectivity index (χ3n) is 5.48. The molecule has 0 bridgehead atoms. The van der Waals surface area contributed by atoms with Gasteiger partial charge in [-0.1, -0.05) is 0 Å². The highest BCUT2D eigenvalue weighted by molar-refractivity contribution is 7.22. The first-order valence-corrected chi connectivity index (χ1v) is 10.8. The number of imidazole rings is 1. The van der Waals surface area contributed by atoms with Crippen LogP contribution in [0.4, 0.5) is 11.4 Å². The summed E-state index contributed by atoms with van der Waals surface area (Å²) in [5, 5.41) is 24.6. The van der Waals surface area contributed by atoms with Gasteiger partial charge in [-0.2, -0.15) is 0 Å². The molecule has 31 heavy (non-hydrogen) atoms. The largest absolute Gasteiger partial charge is 0.393 e. The Labute approximate surface area is 183 Å². The van der Waals surface area contributed by atoms with Crippen molar-refractivity contribution in [3.63, 3.8) is 0 Å². The third kappa shape index (κ3) is 3.38. The highest BCUT2D eigenvalue weighted by Gasteiger charge is 2.28. The predicted molar refractivity (Wildman–Crippen MR) is 125 cm³/mol. The van der Waals surface area contributed by atoms with Gasteiger partial charge in [0.15, 0.2) is 0 Å². The second-order valence-electron chi connectivity index (χ2n) is 8.02. The van der Waals surface area contributed by atoms with Crippen LogP contribution in [-0.2, 0) is 12.6 Å². The van der Waals surface area contributed by atoms with Gasteiger partial charge in [0.05, 0.1) is 39.3 Å². The molecule has 4 N–H and O–H groups in total. The maximum atomic E-state index is 10.4. The summed E-state index contributed by atoms with van der Waals surface area (Å²) in [6, 6.07) is 12.4. The fourth-order valence-electron chi connectivity index (χ4n) is 3.88. The van der Waals surface area contributed by atoms with E-state index in [1.807, 2.05) is 23.7 Å². The van der Waals surface area contributed by atoms with E-state index in [-0.39, 0.29) is 0 Å². The van der Waals surface area contributed by atoms with Gasteiger partial charge in [0, 0.05) is 35.5 Å². The van der Waals surface area contributed by atoms with Gasteiger partial charge in [-0.25, -0.2) is 4.98 Å². The van der Waals surface area contributed by atoms with Crippen molar-refractivity contribution < 1.29 is 10.2 Å². The number of anilines is 2. The van der Waals surface area contributed by atoms with Crippen molar-refractivity contribution in [2.24, 2.45) is 7.05 Å². The van der Waals surface area contributed by atoms with E-state index in [4.69, 9.17) is 0 Å². The van der Waals surface area contributed by atoms with Crippen molar-refractivity contribution >= 4 is 43.8 Å². The van der Waals surface area contributed by atoms with E-state index in [0.717, 1.165) is 48.8 Å². The number of aryl methyl sites for hydroxylation is 1. The lowest BCUT2D eigenvalue weighted by atomic mass is 10.1. The number of pyridine rings is 1. The lowest BCUT2D eigenvalue weighted by molar-refractivity contribution is -0.0116. The first-order valence-electron chi connectivity index (χ1n) is 9.96. The smallest absolute Gasteiger partial charge is 0.143 e. The Morgan fingerprint density at radius 1 is 1.19 bits per heavy atom. The Kier molecular flexibility index (Phi) is 4.58. The molecule has 5 aromatic rings. The number of aromatic amines is 1. The van der Waals surface area contributed by atoms with Gasteiger partial charge in [0.2, 0.25) is 0 Å². The summed E-state index contributed by atoms with van der Waals surface area (Å²) in [5.41, 5.74) is 4.60. The molecular formula is C23H23N5O2S. The van der Waals surface area contributed by atoms with Crippen molar-refractivity contribution in [2.75, 3.05) is 11.9 Å². The van der Waals surface area contributed by atoms with Crippen LogP contribution in [0, 0.1) is 6.92 Å². The van der Waals surface area contributed by atoms with Crippen molar-refractivity contribution in [2.45, 2.75) is 19.4 Å². The number of fused-ring (bicyclic) bond motifs is 2. The fraction of sp³-hybridized carbons (Fsp3) is 0.217. The van der Waals surface area contributed by atoms with E-state index in [0.29, 0.717) is 5.82 Å².